The van der Waals surface area contributed by atoms with Gasteiger partial charge in [-0.15, -0.1) is 0 Å². The van der Waals surface area contributed by atoms with Crippen LogP contribution in [-0.4, -0.2) is 28.3 Å². The Labute approximate surface area is 96.1 Å². The number of hydrogen-bond donors (Lipinski definition) is 1. The summed E-state index contributed by atoms with van der Waals surface area (Å²) in [6, 6.07) is 2.46. The number of thioether (sulfide) groups is 1. The van der Waals surface area contributed by atoms with Crippen LogP contribution in [0.1, 0.15) is 26.7 Å². The highest BCUT2D eigenvalue weighted by Gasteiger charge is 1.99. The summed E-state index contributed by atoms with van der Waals surface area (Å²) in [5.41, 5.74) is 0. The first-order valence-electron chi connectivity index (χ1n) is 5.46. The number of nitrogens with one attached hydrogen (secondary N) is 1. The molecule has 0 saturated carbocycles. The van der Waals surface area contributed by atoms with E-state index in [9.17, 15) is 0 Å². The van der Waals surface area contributed by atoms with Gasteiger partial charge in [-0.1, -0.05) is 25.1 Å². The highest BCUT2D eigenvalue weighted by atomic mass is 32.2. The Kier molecular flexibility index (Phi) is 6.36. The Morgan fingerprint density at radius 2 is 2.13 bits per heavy atom. The zero-order valence-corrected chi connectivity index (χ0v) is 10.3. The molecule has 1 aromatic rings. The lowest BCUT2D eigenvalue weighted by Gasteiger charge is -2.11. The quantitative estimate of drug-likeness (QED) is 0.439. The van der Waals surface area contributed by atoms with Crippen molar-refractivity contribution in [1.82, 2.24) is 15.3 Å². The fraction of sp³-hybridized carbons (Fsp3) is 0.636. The van der Waals surface area contributed by atoms with Crippen molar-refractivity contribution < 1.29 is 0 Å². The lowest BCUT2D eigenvalue weighted by Crippen LogP contribution is -2.27. The molecule has 0 radical (unpaired) electrons. The summed E-state index contributed by atoms with van der Waals surface area (Å²) in [5.74, 6) is 1.03. The predicted octanol–water partition coefficient (Wildman–Crippen LogP) is 2.35. The lowest BCUT2D eigenvalue weighted by atomic mass is 10.2. The number of aromatic nitrogens is 2. The molecule has 1 atom stereocenters. The Morgan fingerprint density at radius 3 is 2.80 bits per heavy atom. The molecule has 0 aliphatic carbocycles. The van der Waals surface area contributed by atoms with Gasteiger partial charge < -0.3 is 5.32 Å². The average molecular weight is 225 g/mol. The molecule has 0 aromatic carbocycles. The minimum Gasteiger partial charge on any atom is -0.313 e. The van der Waals surface area contributed by atoms with Gasteiger partial charge in [-0.05, 0) is 19.4 Å². The van der Waals surface area contributed by atoms with Crippen LogP contribution in [0.2, 0.25) is 0 Å². The normalized spacial score (nSPS) is 12.7. The Hall–Kier alpha value is -0.610. The van der Waals surface area contributed by atoms with Gasteiger partial charge in [0, 0.05) is 30.7 Å². The zero-order valence-electron chi connectivity index (χ0n) is 9.44. The molecular weight excluding hydrogens is 206 g/mol. The van der Waals surface area contributed by atoms with Crippen LogP contribution in [0.25, 0.3) is 0 Å². The van der Waals surface area contributed by atoms with Crippen molar-refractivity contribution in [3.63, 3.8) is 0 Å². The van der Waals surface area contributed by atoms with Gasteiger partial charge in [-0.3, -0.25) is 0 Å². The van der Waals surface area contributed by atoms with Gasteiger partial charge >= 0.3 is 0 Å². The fourth-order valence-corrected chi connectivity index (χ4v) is 2.02. The minimum absolute atomic E-state index is 0.618. The van der Waals surface area contributed by atoms with E-state index in [1.54, 1.807) is 24.2 Å². The summed E-state index contributed by atoms with van der Waals surface area (Å²) in [4.78, 5) is 8.31. The maximum absolute atomic E-state index is 4.16. The van der Waals surface area contributed by atoms with Gasteiger partial charge in [0.05, 0.1) is 0 Å². The van der Waals surface area contributed by atoms with E-state index in [0.29, 0.717) is 6.04 Å². The first-order chi connectivity index (χ1) is 7.33. The summed E-state index contributed by atoms with van der Waals surface area (Å²) in [7, 11) is 0. The molecule has 1 unspecified atom stereocenters. The van der Waals surface area contributed by atoms with Crippen LogP contribution in [0, 0.1) is 0 Å². The van der Waals surface area contributed by atoms with Crippen LogP contribution in [0.3, 0.4) is 0 Å². The van der Waals surface area contributed by atoms with E-state index >= 15 is 0 Å². The third-order valence-electron chi connectivity index (χ3n) is 2.09. The summed E-state index contributed by atoms with van der Waals surface area (Å²) in [6.07, 6.45) is 6.04. The molecule has 0 fully saturated rings. The number of nitrogens with zero attached hydrogens (tertiary/aromatic N) is 2. The standard InChI is InChI=1S/C11H19N3S/c1-3-5-10(2)12-8-9-15-11-13-6-4-7-14-11/h4,6-7,10,12H,3,5,8-9H2,1-2H3. The van der Waals surface area contributed by atoms with E-state index in [1.165, 1.54) is 12.8 Å². The van der Waals surface area contributed by atoms with E-state index < -0.39 is 0 Å². The van der Waals surface area contributed by atoms with E-state index in [1.807, 2.05) is 6.07 Å². The highest BCUT2D eigenvalue weighted by molar-refractivity contribution is 7.99. The monoisotopic (exact) mass is 225 g/mol. The van der Waals surface area contributed by atoms with Crippen molar-refractivity contribution in [3.05, 3.63) is 18.5 Å². The molecule has 0 bridgehead atoms. The smallest absolute Gasteiger partial charge is 0.187 e. The van der Waals surface area contributed by atoms with Crippen LogP contribution in [0.4, 0.5) is 0 Å². The predicted molar refractivity (Wildman–Crippen MR) is 65.1 cm³/mol. The second-order valence-corrected chi connectivity index (χ2v) is 4.59. The average Bonchev–Trinajstić information content (AvgIpc) is 2.26. The van der Waals surface area contributed by atoms with E-state index in [2.05, 4.69) is 29.1 Å². The summed E-state index contributed by atoms with van der Waals surface area (Å²) < 4.78 is 0. The van der Waals surface area contributed by atoms with Crippen molar-refractivity contribution in [2.45, 2.75) is 37.9 Å². The molecule has 3 nitrogen and oxygen atoms in total. The number of rotatable bonds is 7. The summed E-state index contributed by atoms with van der Waals surface area (Å²) in [5, 5.41) is 4.34. The Balaban J connectivity index is 2.07. The van der Waals surface area contributed by atoms with Crippen molar-refractivity contribution in [2.24, 2.45) is 0 Å². The van der Waals surface area contributed by atoms with Gasteiger partial charge in [-0.2, -0.15) is 0 Å². The minimum atomic E-state index is 0.618. The van der Waals surface area contributed by atoms with E-state index in [4.69, 9.17) is 0 Å². The second kappa shape index (κ2) is 7.65. The fourth-order valence-electron chi connectivity index (χ4n) is 1.34. The second-order valence-electron chi connectivity index (χ2n) is 3.52. The lowest BCUT2D eigenvalue weighted by molar-refractivity contribution is 0.526. The molecule has 1 heterocycles. The molecule has 0 amide bonds. The number of hydrogen-bond acceptors (Lipinski definition) is 4. The molecule has 1 aromatic heterocycles. The Bertz CT molecular complexity index is 253. The van der Waals surface area contributed by atoms with Crippen molar-refractivity contribution in [1.29, 1.82) is 0 Å². The topological polar surface area (TPSA) is 37.8 Å². The van der Waals surface area contributed by atoms with Crippen molar-refractivity contribution >= 4 is 11.8 Å². The molecule has 0 saturated heterocycles. The largest absolute Gasteiger partial charge is 0.313 e. The molecule has 4 heteroatoms. The summed E-state index contributed by atoms with van der Waals surface area (Å²) in [6.45, 7) is 5.46. The molecule has 1 N–H and O–H groups in total. The summed E-state index contributed by atoms with van der Waals surface area (Å²) >= 11 is 1.70. The Morgan fingerprint density at radius 1 is 1.40 bits per heavy atom. The van der Waals surface area contributed by atoms with Crippen molar-refractivity contribution in [3.8, 4) is 0 Å². The third-order valence-corrected chi connectivity index (χ3v) is 2.97. The van der Waals surface area contributed by atoms with E-state index in [0.717, 1.165) is 17.5 Å². The third kappa shape index (κ3) is 5.74. The first-order valence-corrected chi connectivity index (χ1v) is 6.44. The molecule has 1 rings (SSSR count). The van der Waals surface area contributed by atoms with Gasteiger partial charge in [-0.25, -0.2) is 9.97 Å². The van der Waals surface area contributed by atoms with Crippen molar-refractivity contribution in [2.75, 3.05) is 12.3 Å². The van der Waals surface area contributed by atoms with Crippen LogP contribution in [0.5, 0.6) is 0 Å². The van der Waals surface area contributed by atoms with Gasteiger partial charge in [0.1, 0.15) is 0 Å². The van der Waals surface area contributed by atoms with Crippen LogP contribution >= 0.6 is 11.8 Å². The van der Waals surface area contributed by atoms with E-state index in [-0.39, 0.29) is 0 Å². The maximum Gasteiger partial charge on any atom is 0.187 e. The molecule has 15 heavy (non-hydrogen) atoms. The zero-order chi connectivity index (χ0) is 10.9. The highest BCUT2D eigenvalue weighted by Crippen LogP contribution is 2.09. The van der Waals surface area contributed by atoms with Crippen LogP contribution < -0.4 is 5.32 Å². The van der Waals surface area contributed by atoms with Gasteiger partial charge in [0.15, 0.2) is 5.16 Å². The molecule has 84 valence electrons. The van der Waals surface area contributed by atoms with Gasteiger partial charge in [0.2, 0.25) is 0 Å². The maximum atomic E-state index is 4.16. The molecular formula is C11H19N3S. The SMILES string of the molecule is CCCC(C)NCCSc1ncccn1. The molecule has 0 spiro atoms. The first kappa shape index (κ1) is 12.5. The van der Waals surface area contributed by atoms with Gasteiger partial charge in [0.25, 0.3) is 0 Å². The molecule has 0 aliphatic rings. The van der Waals surface area contributed by atoms with Crippen LogP contribution in [-0.2, 0) is 0 Å². The van der Waals surface area contributed by atoms with Crippen LogP contribution in [0.15, 0.2) is 23.6 Å². The molecule has 0 aliphatic heterocycles.